The summed E-state index contributed by atoms with van der Waals surface area (Å²) in [5, 5.41) is 14.6. The number of benzene rings is 1. The molecule has 2 aromatic rings. The number of esters is 1. The number of hydrogen-bond donors (Lipinski definition) is 3. The predicted octanol–water partition coefficient (Wildman–Crippen LogP) is 1.41. The van der Waals surface area contributed by atoms with Crippen molar-refractivity contribution in [3.8, 4) is 5.75 Å². The molecule has 6 heteroatoms. The monoisotopic (exact) mass is 276 g/mol. The van der Waals surface area contributed by atoms with Crippen LogP contribution in [0.4, 0.5) is 0 Å². The number of aromatic amines is 2. The normalized spacial score (nSPS) is 12.1. The van der Waals surface area contributed by atoms with Crippen LogP contribution in [0.3, 0.4) is 0 Å². The molecular weight excluding hydrogens is 260 g/mol. The first kappa shape index (κ1) is 13.9. The molecule has 0 aliphatic carbocycles. The highest BCUT2D eigenvalue weighted by molar-refractivity contribution is 5.71. The van der Waals surface area contributed by atoms with Crippen LogP contribution < -0.4 is 5.56 Å². The highest BCUT2D eigenvalue weighted by Gasteiger charge is 2.24. The number of carbonyl (C=O) groups is 1. The third-order valence-electron chi connectivity index (χ3n) is 3.25. The molecule has 0 unspecified atom stereocenters. The zero-order valence-electron chi connectivity index (χ0n) is 11.3. The van der Waals surface area contributed by atoms with Crippen LogP contribution >= 0.6 is 0 Å². The van der Waals surface area contributed by atoms with E-state index in [4.69, 9.17) is 4.74 Å². The first-order chi connectivity index (χ1) is 9.52. The van der Waals surface area contributed by atoms with E-state index < -0.39 is 11.9 Å². The van der Waals surface area contributed by atoms with E-state index in [1.807, 2.05) is 0 Å². The van der Waals surface area contributed by atoms with Crippen molar-refractivity contribution in [2.75, 3.05) is 7.11 Å². The Hall–Kier alpha value is -2.50. The first-order valence-electron chi connectivity index (χ1n) is 6.15. The number of phenolic OH excluding ortho intramolecular Hbond substituents is 1. The van der Waals surface area contributed by atoms with E-state index in [1.54, 1.807) is 19.1 Å². The van der Waals surface area contributed by atoms with Crippen LogP contribution in [0, 0.1) is 6.92 Å². The van der Waals surface area contributed by atoms with Gasteiger partial charge in [-0.2, -0.15) is 0 Å². The molecule has 1 atom stereocenters. The van der Waals surface area contributed by atoms with E-state index >= 15 is 0 Å². The number of aromatic hydroxyl groups is 1. The lowest BCUT2D eigenvalue weighted by Gasteiger charge is -2.15. The molecule has 0 radical (unpaired) electrons. The van der Waals surface area contributed by atoms with E-state index in [2.05, 4.69) is 10.2 Å². The number of rotatable bonds is 4. The zero-order chi connectivity index (χ0) is 14.7. The molecule has 2 rings (SSSR count). The second-order valence-corrected chi connectivity index (χ2v) is 4.54. The number of carbonyl (C=O) groups excluding carboxylic acids is 1. The largest absolute Gasteiger partial charge is 0.508 e. The number of aryl methyl sites for hydroxylation is 1. The Morgan fingerprint density at radius 2 is 1.95 bits per heavy atom. The Bertz CT molecular complexity index is 655. The van der Waals surface area contributed by atoms with Gasteiger partial charge in [-0.1, -0.05) is 12.1 Å². The molecule has 3 N–H and O–H groups in total. The molecule has 0 amide bonds. The molecule has 0 spiro atoms. The van der Waals surface area contributed by atoms with Gasteiger partial charge in [-0.05, 0) is 24.6 Å². The molecule has 0 fully saturated rings. The average Bonchev–Trinajstić information content (AvgIpc) is 2.76. The molecule has 0 aliphatic rings. The minimum atomic E-state index is -0.418. The molecule has 0 bridgehead atoms. The molecule has 1 aromatic carbocycles. The molecule has 20 heavy (non-hydrogen) atoms. The van der Waals surface area contributed by atoms with E-state index in [0.29, 0.717) is 11.3 Å². The topological polar surface area (TPSA) is 95.2 Å². The van der Waals surface area contributed by atoms with Crippen LogP contribution in [0.25, 0.3) is 0 Å². The van der Waals surface area contributed by atoms with Crippen molar-refractivity contribution >= 4 is 5.97 Å². The molecule has 106 valence electrons. The number of phenols is 1. The minimum Gasteiger partial charge on any atom is -0.508 e. The van der Waals surface area contributed by atoms with Gasteiger partial charge in [0.25, 0.3) is 5.56 Å². The molecule has 0 saturated carbocycles. The molecule has 0 saturated heterocycles. The fourth-order valence-electron chi connectivity index (χ4n) is 2.22. The van der Waals surface area contributed by atoms with Crippen LogP contribution in [0.5, 0.6) is 5.75 Å². The second-order valence-electron chi connectivity index (χ2n) is 4.54. The zero-order valence-corrected chi connectivity index (χ0v) is 11.3. The van der Waals surface area contributed by atoms with E-state index in [0.717, 1.165) is 5.56 Å². The highest BCUT2D eigenvalue weighted by Crippen LogP contribution is 2.28. The van der Waals surface area contributed by atoms with Gasteiger partial charge in [-0.15, -0.1) is 0 Å². The number of aromatic nitrogens is 2. The van der Waals surface area contributed by atoms with Crippen molar-refractivity contribution in [3.05, 3.63) is 51.4 Å². The third-order valence-corrected chi connectivity index (χ3v) is 3.25. The van der Waals surface area contributed by atoms with E-state index in [-0.39, 0.29) is 17.7 Å². The summed E-state index contributed by atoms with van der Waals surface area (Å²) in [5.41, 5.74) is 1.68. The maximum Gasteiger partial charge on any atom is 0.306 e. The van der Waals surface area contributed by atoms with E-state index in [9.17, 15) is 14.7 Å². The van der Waals surface area contributed by atoms with Crippen LogP contribution in [-0.4, -0.2) is 28.4 Å². The summed E-state index contributed by atoms with van der Waals surface area (Å²) in [6.07, 6.45) is 0.0586. The molecule has 0 aliphatic heterocycles. The van der Waals surface area contributed by atoms with Crippen molar-refractivity contribution in [1.29, 1.82) is 0 Å². The first-order valence-corrected chi connectivity index (χ1v) is 6.15. The Labute approximate surface area is 115 Å². The summed E-state index contributed by atoms with van der Waals surface area (Å²) in [6, 6.07) is 6.43. The summed E-state index contributed by atoms with van der Waals surface area (Å²) in [7, 11) is 1.31. The van der Waals surface area contributed by atoms with Crippen LogP contribution in [0.1, 0.15) is 29.2 Å². The number of H-pyrrole nitrogens is 2. The second kappa shape index (κ2) is 5.64. The molecule has 6 nitrogen and oxygen atoms in total. The van der Waals surface area contributed by atoms with Gasteiger partial charge in [0.1, 0.15) is 5.75 Å². The summed E-state index contributed by atoms with van der Waals surface area (Å²) in [4.78, 5) is 23.5. The number of ether oxygens (including phenoxy) is 1. The standard InChI is InChI=1S/C14H16N2O4/c1-8-13(14(19)16-15-8)11(7-12(18)20-2)9-3-5-10(17)6-4-9/h3-6,11,17H,7H2,1-2H3,(H2,15,16,19)/t11-/m0/s1. The lowest BCUT2D eigenvalue weighted by atomic mass is 9.88. The number of methoxy groups -OCH3 is 1. The summed E-state index contributed by atoms with van der Waals surface area (Å²) >= 11 is 0. The maximum absolute atomic E-state index is 11.9. The molecular formula is C14H16N2O4. The fourth-order valence-corrected chi connectivity index (χ4v) is 2.22. The fraction of sp³-hybridized carbons (Fsp3) is 0.286. The van der Waals surface area contributed by atoms with Gasteiger partial charge in [0.2, 0.25) is 0 Å². The minimum absolute atomic E-state index is 0.0586. The van der Waals surface area contributed by atoms with Crippen molar-refractivity contribution in [2.24, 2.45) is 0 Å². The van der Waals surface area contributed by atoms with Crippen molar-refractivity contribution < 1.29 is 14.6 Å². The van der Waals surface area contributed by atoms with Crippen molar-refractivity contribution in [3.63, 3.8) is 0 Å². The van der Waals surface area contributed by atoms with Gasteiger partial charge in [0.05, 0.1) is 13.5 Å². The SMILES string of the molecule is COC(=O)C[C@@H](c1ccc(O)cc1)c1c(C)[nH][nH]c1=O. The van der Waals surface area contributed by atoms with E-state index in [1.165, 1.54) is 19.2 Å². The Morgan fingerprint density at radius 3 is 2.45 bits per heavy atom. The smallest absolute Gasteiger partial charge is 0.306 e. The third kappa shape index (κ3) is 2.74. The van der Waals surface area contributed by atoms with Gasteiger partial charge in [0, 0.05) is 17.2 Å². The van der Waals surface area contributed by atoms with Gasteiger partial charge in [-0.25, -0.2) is 0 Å². The van der Waals surface area contributed by atoms with Crippen LogP contribution in [0.15, 0.2) is 29.1 Å². The quantitative estimate of drug-likeness (QED) is 0.736. The maximum atomic E-state index is 11.9. The van der Waals surface area contributed by atoms with Gasteiger partial charge < -0.3 is 14.9 Å². The van der Waals surface area contributed by atoms with Crippen molar-refractivity contribution in [1.82, 2.24) is 10.2 Å². The van der Waals surface area contributed by atoms with Crippen LogP contribution in [0.2, 0.25) is 0 Å². The number of hydrogen-bond acceptors (Lipinski definition) is 4. The van der Waals surface area contributed by atoms with Gasteiger partial charge in [-0.3, -0.25) is 14.7 Å². The Balaban J connectivity index is 2.47. The average molecular weight is 276 g/mol. The summed E-state index contributed by atoms with van der Waals surface area (Å²) in [5.74, 6) is -0.689. The van der Waals surface area contributed by atoms with Crippen LogP contribution in [-0.2, 0) is 9.53 Å². The van der Waals surface area contributed by atoms with Gasteiger partial charge in [0.15, 0.2) is 0 Å². The molecule has 1 heterocycles. The Morgan fingerprint density at radius 1 is 1.30 bits per heavy atom. The predicted molar refractivity (Wildman–Crippen MR) is 72.7 cm³/mol. The molecule has 1 aromatic heterocycles. The lowest BCUT2D eigenvalue weighted by Crippen LogP contribution is -2.17. The highest BCUT2D eigenvalue weighted by atomic mass is 16.5. The summed E-state index contributed by atoms with van der Waals surface area (Å²) < 4.78 is 4.69. The lowest BCUT2D eigenvalue weighted by molar-refractivity contribution is -0.140. The Kier molecular flexibility index (Phi) is 3.93. The van der Waals surface area contributed by atoms with Crippen molar-refractivity contribution in [2.45, 2.75) is 19.3 Å². The summed E-state index contributed by atoms with van der Waals surface area (Å²) in [6.45, 7) is 1.76. The number of nitrogens with one attached hydrogen (secondary N) is 2. The van der Waals surface area contributed by atoms with Gasteiger partial charge >= 0.3 is 5.97 Å².